The number of aryl methyl sites for hydroxylation is 3. The monoisotopic (exact) mass is 318 g/mol. The molecule has 2 aromatic rings. The number of hydrogen-bond acceptors (Lipinski definition) is 4. The number of amides is 1. The Kier molecular flexibility index (Phi) is 4.29. The molecule has 1 fully saturated rings. The molecule has 1 aliphatic heterocycles. The highest BCUT2D eigenvalue weighted by atomic mass is 32.1. The lowest BCUT2D eigenvalue weighted by atomic mass is 10.0. The van der Waals surface area contributed by atoms with Crippen molar-refractivity contribution in [2.45, 2.75) is 45.6 Å². The largest absolute Gasteiger partial charge is 0.336 e. The summed E-state index contributed by atoms with van der Waals surface area (Å²) >= 11 is 1.58. The molecule has 0 N–H and O–H groups in total. The SMILES string of the molecule is Cc1nn(C)c(C)c1C1CCCN1C(=O)CCc1cscn1. The van der Waals surface area contributed by atoms with E-state index in [9.17, 15) is 4.79 Å². The normalized spacial score (nSPS) is 18.1. The molecule has 1 aliphatic rings. The number of carbonyl (C=O) groups excluding carboxylic acids is 1. The summed E-state index contributed by atoms with van der Waals surface area (Å²) in [7, 11) is 1.97. The Hall–Kier alpha value is -1.69. The molecule has 3 rings (SSSR count). The van der Waals surface area contributed by atoms with E-state index in [1.54, 1.807) is 11.3 Å². The van der Waals surface area contributed by atoms with Crippen molar-refractivity contribution in [3.05, 3.63) is 33.5 Å². The molecule has 0 aliphatic carbocycles. The van der Waals surface area contributed by atoms with Gasteiger partial charge in [0.2, 0.25) is 5.91 Å². The fourth-order valence-corrected chi connectivity index (χ4v) is 3.97. The zero-order valence-electron chi connectivity index (χ0n) is 13.4. The Balaban J connectivity index is 1.73. The number of likely N-dealkylation sites (tertiary alicyclic amines) is 1. The predicted molar refractivity (Wildman–Crippen MR) is 86.8 cm³/mol. The molecule has 0 bridgehead atoms. The average Bonchev–Trinajstić information content (AvgIpc) is 3.19. The first kappa shape index (κ1) is 15.2. The second kappa shape index (κ2) is 6.20. The van der Waals surface area contributed by atoms with E-state index >= 15 is 0 Å². The molecule has 118 valence electrons. The Morgan fingerprint density at radius 3 is 2.91 bits per heavy atom. The lowest BCUT2D eigenvalue weighted by Crippen LogP contribution is -2.31. The van der Waals surface area contributed by atoms with Gasteiger partial charge in [-0.05, 0) is 33.1 Å². The molecule has 0 spiro atoms. The van der Waals surface area contributed by atoms with Crippen LogP contribution in [0.1, 0.15) is 47.9 Å². The Morgan fingerprint density at radius 2 is 2.27 bits per heavy atom. The van der Waals surface area contributed by atoms with E-state index in [2.05, 4.69) is 17.0 Å². The molecule has 1 unspecified atom stereocenters. The van der Waals surface area contributed by atoms with Gasteiger partial charge in [-0.15, -0.1) is 11.3 Å². The number of hydrogen-bond donors (Lipinski definition) is 0. The fourth-order valence-electron chi connectivity index (χ4n) is 3.38. The fraction of sp³-hybridized carbons (Fsp3) is 0.562. The lowest BCUT2D eigenvalue weighted by Gasteiger charge is -2.25. The van der Waals surface area contributed by atoms with Crippen LogP contribution in [-0.2, 0) is 18.3 Å². The van der Waals surface area contributed by atoms with Gasteiger partial charge in [0.15, 0.2) is 0 Å². The highest BCUT2D eigenvalue weighted by Crippen LogP contribution is 2.35. The first-order valence-electron chi connectivity index (χ1n) is 7.74. The van der Waals surface area contributed by atoms with E-state index in [-0.39, 0.29) is 11.9 Å². The lowest BCUT2D eigenvalue weighted by molar-refractivity contribution is -0.132. The van der Waals surface area contributed by atoms with Gasteiger partial charge in [-0.1, -0.05) is 0 Å². The Bertz CT molecular complexity index is 662. The summed E-state index contributed by atoms with van der Waals surface area (Å²) in [6.45, 7) is 4.98. The molecule has 5 nitrogen and oxygen atoms in total. The van der Waals surface area contributed by atoms with Crippen molar-refractivity contribution in [1.82, 2.24) is 19.7 Å². The molecule has 22 heavy (non-hydrogen) atoms. The van der Waals surface area contributed by atoms with Gasteiger partial charge < -0.3 is 4.90 Å². The number of nitrogens with zero attached hydrogens (tertiary/aromatic N) is 4. The van der Waals surface area contributed by atoms with Crippen LogP contribution in [0.2, 0.25) is 0 Å². The van der Waals surface area contributed by atoms with Gasteiger partial charge >= 0.3 is 0 Å². The zero-order chi connectivity index (χ0) is 15.7. The molecular formula is C16H22N4OS. The molecule has 0 aromatic carbocycles. The molecular weight excluding hydrogens is 296 g/mol. The van der Waals surface area contributed by atoms with Crippen molar-refractivity contribution in [3.8, 4) is 0 Å². The second-order valence-corrected chi connectivity index (χ2v) is 6.65. The number of aromatic nitrogens is 3. The summed E-state index contributed by atoms with van der Waals surface area (Å²) in [5, 5.41) is 6.52. The Labute approximate surface area is 135 Å². The van der Waals surface area contributed by atoms with E-state index in [4.69, 9.17) is 0 Å². The summed E-state index contributed by atoms with van der Waals surface area (Å²) < 4.78 is 1.92. The minimum absolute atomic E-state index is 0.191. The first-order chi connectivity index (χ1) is 10.6. The summed E-state index contributed by atoms with van der Waals surface area (Å²) in [4.78, 5) is 18.9. The maximum Gasteiger partial charge on any atom is 0.223 e. The predicted octanol–water partition coefficient (Wildman–Crippen LogP) is 2.79. The smallest absolute Gasteiger partial charge is 0.223 e. The van der Waals surface area contributed by atoms with E-state index < -0.39 is 0 Å². The van der Waals surface area contributed by atoms with Crippen molar-refractivity contribution in [1.29, 1.82) is 0 Å². The maximum absolute atomic E-state index is 12.6. The van der Waals surface area contributed by atoms with Crippen LogP contribution >= 0.6 is 11.3 Å². The van der Waals surface area contributed by atoms with Crippen molar-refractivity contribution in [2.24, 2.45) is 7.05 Å². The molecule has 0 saturated carbocycles. The summed E-state index contributed by atoms with van der Waals surface area (Å²) in [6.07, 6.45) is 3.38. The molecule has 0 radical (unpaired) electrons. The quantitative estimate of drug-likeness (QED) is 0.871. The van der Waals surface area contributed by atoms with Crippen molar-refractivity contribution < 1.29 is 4.79 Å². The van der Waals surface area contributed by atoms with E-state index in [1.807, 2.05) is 34.4 Å². The molecule has 3 heterocycles. The minimum Gasteiger partial charge on any atom is -0.336 e. The number of carbonyl (C=O) groups is 1. The topological polar surface area (TPSA) is 51.0 Å². The van der Waals surface area contributed by atoms with Crippen LogP contribution in [0.5, 0.6) is 0 Å². The van der Waals surface area contributed by atoms with Gasteiger partial charge in [0.25, 0.3) is 0 Å². The van der Waals surface area contributed by atoms with Crippen molar-refractivity contribution in [2.75, 3.05) is 6.54 Å². The van der Waals surface area contributed by atoms with E-state index in [1.165, 1.54) is 11.3 Å². The molecule has 2 aromatic heterocycles. The molecule has 1 amide bonds. The molecule has 1 saturated heterocycles. The third-order valence-corrected chi connectivity index (χ3v) is 5.19. The standard InChI is InChI=1S/C16H22N4OS/c1-11-16(12(2)19(3)18-11)14-5-4-8-20(14)15(21)7-6-13-9-22-10-17-13/h9-10,14H,4-8H2,1-3H3. The van der Waals surface area contributed by atoms with Crippen molar-refractivity contribution in [3.63, 3.8) is 0 Å². The van der Waals surface area contributed by atoms with E-state index in [0.717, 1.165) is 37.2 Å². The first-order valence-corrected chi connectivity index (χ1v) is 8.69. The summed E-state index contributed by atoms with van der Waals surface area (Å²) in [5.41, 5.74) is 6.29. The number of thiazole rings is 1. The van der Waals surface area contributed by atoms with Crippen LogP contribution in [0.3, 0.4) is 0 Å². The van der Waals surface area contributed by atoms with Crippen LogP contribution in [0.4, 0.5) is 0 Å². The Morgan fingerprint density at radius 1 is 1.45 bits per heavy atom. The summed E-state index contributed by atoms with van der Waals surface area (Å²) in [5.74, 6) is 0.234. The van der Waals surface area contributed by atoms with Gasteiger partial charge in [0, 0.05) is 36.7 Å². The van der Waals surface area contributed by atoms with Crippen molar-refractivity contribution >= 4 is 17.2 Å². The van der Waals surface area contributed by atoms with Crippen LogP contribution in [0, 0.1) is 13.8 Å². The van der Waals surface area contributed by atoms with Gasteiger partial charge in [-0.2, -0.15) is 5.10 Å². The third-order valence-electron chi connectivity index (χ3n) is 4.55. The molecule has 6 heteroatoms. The zero-order valence-corrected chi connectivity index (χ0v) is 14.2. The molecule has 1 atom stereocenters. The van der Waals surface area contributed by atoms with E-state index in [0.29, 0.717) is 6.42 Å². The highest BCUT2D eigenvalue weighted by molar-refractivity contribution is 7.07. The van der Waals surface area contributed by atoms with Crippen LogP contribution < -0.4 is 0 Å². The third kappa shape index (κ3) is 2.79. The highest BCUT2D eigenvalue weighted by Gasteiger charge is 2.33. The maximum atomic E-state index is 12.6. The van der Waals surface area contributed by atoms with Gasteiger partial charge in [0.1, 0.15) is 0 Å². The van der Waals surface area contributed by atoms with Gasteiger partial charge in [-0.25, -0.2) is 4.98 Å². The average molecular weight is 318 g/mol. The van der Waals surface area contributed by atoms with Crippen LogP contribution in [-0.4, -0.2) is 32.1 Å². The minimum atomic E-state index is 0.191. The van der Waals surface area contributed by atoms with Gasteiger partial charge in [0.05, 0.1) is 22.9 Å². The second-order valence-electron chi connectivity index (χ2n) is 5.93. The summed E-state index contributed by atoms with van der Waals surface area (Å²) in [6, 6.07) is 0.191. The van der Waals surface area contributed by atoms with Gasteiger partial charge in [-0.3, -0.25) is 9.48 Å². The number of rotatable bonds is 4. The van der Waals surface area contributed by atoms with Crippen LogP contribution in [0.15, 0.2) is 10.9 Å². The van der Waals surface area contributed by atoms with Crippen LogP contribution in [0.25, 0.3) is 0 Å².